The Morgan fingerprint density at radius 2 is 2.00 bits per heavy atom. The predicted molar refractivity (Wildman–Crippen MR) is 115 cm³/mol. The molecule has 0 amide bonds. The van der Waals surface area contributed by atoms with Gasteiger partial charge in [-0.25, -0.2) is 0 Å². The van der Waals surface area contributed by atoms with Crippen molar-refractivity contribution in [3.8, 4) is 5.75 Å². The second-order valence-electron chi connectivity index (χ2n) is 7.71. The van der Waals surface area contributed by atoms with E-state index >= 15 is 0 Å². The zero-order valence-electron chi connectivity index (χ0n) is 18.0. The highest BCUT2D eigenvalue weighted by atomic mass is 16.5. The van der Waals surface area contributed by atoms with E-state index in [1.165, 1.54) is 5.56 Å². The van der Waals surface area contributed by atoms with Crippen LogP contribution in [0.25, 0.3) is 0 Å². The minimum Gasteiger partial charge on any atom is -0.491 e. The van der Waals surface area contributed by atoms with Crippen molar-refractivity contribution in [3.63, 3.8) is 0 Å². The first-order valence-corrected chi connectivity index (χ1v) is 10.4. The molecule has 1 saturated heterocycles. The molecule has 0 saturated carbocycles. The number of aromatic nitrogens is 1. The maximum Gasteiger partial charge on any atom is 0.193 e. The summed E-state index contributed by atoms with van der Waals surface area (Å²) in [4.78, 5) is 9.14. The van der Waals surface area contributed by atoms with Crippen LogP contribution < -0.4 is 10.1 Å². The van der Waals surface area contributed by atoms with Crippen molar-refractivity contribution < 1.29 is 9.26 Å². The molecule has 1 N–H and O–H groups in total. The molecule has 2 aromatic rings. The van der Waals surface area contributed by atoms with Gasteiger partial charge >= 0.3 is 0 Å². The molecule has 7 nitrogen and oxygen atoms in total. The van der Waals surface area contributed by atoms with Crippen molar-refractivity contribution in [2.75, 3.05) is 46.4 Å². The van der Waals surface area contributed by atoms with Gasteiger partial charge < -0.3 is 19.5 Å². The van der Waals surface area contributed by atoms with Crippen LogP contribution >= 0.6 is 0 Å². The summed E-state index contributed by atoms with van der Waals surface area (Å²) >= 11 is 0. The van der Waals surface area contributed by atoms with Gasteiger partial charge in [0.15, 0.2) is 5.96 Å². The molecule has 0 radical (unpaired) electrons. The smallest absolute Gasteiger partial charge is 0.193 e. The maximum atomic E-state index is 6.01. The van der Waals surface area contributed by atoms with Crippen LogP contribution in [0.1, 0.15) is 36.8 Å². The summed E-state index contributed by atoms with van der Waals surface area (Å²) in [6.07, 6.45) is 0. The Balaban J connectivity index is 1.41. The van der Waals surface area contributed by atoms with Crippen LogP contribution in [0, 0.1) is 6.92 Å². The second-order valence-corrected chi connectivity index (χ2v) is 7.71. The average molecular weight is 400 g/mol. The van der Waals surface area contributed by atoms with Crippen molar-refractivity contribution in [2.45, 2.75) is 33.2 Å². The Labute approximate surface area is 173 Å². The first-order chi connectivity index (χ1) is 14.1. The lowest BCUT2D eigenvalue weighted by molar-refractivity contribution is 0.168. The summed E-state index contributed by atoms with van der Waals surface area (Å²) in [5.41, 5.74) is 2.24. The molecule has 1 aliphatic heterocycles. The highest BCUT2D eigenvalue weighted by Gasteiger charge is 2.20. The number of benzene rings is 1. The monoisotopic (exact) mass is 399 g/mol. The molecule has 3 rings (SSSR count). The maximum absolute atomic E-state index is 6.01. The van der Waals surface area contributed by atoms with Gasteiger partial charge in [-0.1, -0.05) is 37.2 Å². The molecule has 1 aliphatic rings. The van der Waals surface area contributed by atoms with E-state index in [-0.39, 0.29) is 0 Å². The van der Waals surface area contributed by atoms with Crippen molar-refractivity contribution >= 4 is 5.96 Å². The SMILES string of the molecule is CN=C(NCCOc1ccccc1C(C)C)N1CCN(Cc2cc(C)on2)CC1. The third kappa shape index (κ3) is 5.97. The zero-order valence-corrected chi connectivity index (χ0v) is 18.0. The molecule has 158 valence electrons. The van der Waals surface area contributed by atoms with Crippen LogP contribution in [0.4, 0.5) is 0 Å². The van der Waals surface area contributed by atoms with Crippen LogP contribution in [0.3, 0.4) is 0 Å². The molecule has 7 heteroatoms. The van der Waals surface area contributed by atoms with Crippen molar-refractivity contribution in [2.24, 2.45) is 4.99 Å². The fourth-order valence-electron chi connectivity index (χ4n) is 3.58. The summed E-state index contributed by atoms with van der Waals surface area (Å²) < 4.78 is 11.2. The average Bonchev–Trinajstić information content (AvgIpc) is 3.13. The number of aryl methyl sites for hydroxylation is 1. The Morgan fingerprint density at radius 3 is 2.66 bits per heavy atom. The summed E-state index contributed by atoms with van der Waals surface area (Å²) in [5.74, 6) is 3.21. The molecule has 2 heterocycles. The van der Waals surface area contributed by atoms with Gasteiger partial charge in [0.25, 0.3) is 0 Å². The largest absolute Gasteiger partial charge is 0.491 e. The molecule has 0 bridgehead atoms. The Hall–Kier alpha value is -2.54. The van der Waals surface area contributed by atoms with E-state index in [2.05, 4.69) is 51.2 Å². The predicted octanol–water partition coefficient (Wildman–Crippen LogP) is 2.88. The highest BCUT2D eigenvalue weighted by molar-refractivity contribution is 5.80. The van der Waals surface area contributed by atoms with Crippen LogP contribution in [0.5, 0.6) is 5.75 Å². The van der Waals surface area contributed by atoms with Crippen LogP contribution in [-0.4, -0.2) is 67.3 Å². The van der Waals surface area contributed by atoms with E-state index in [9.17, 15) is 0 Å². The van der Waals surface area contributed by atoms with Crippen LogP contribution in [0.2, 0.25) is 0 Å². The van der Waals surface area contributed by atoms with E-state index in [0.29, 0.717) is 12.5 Å². The second kappa shape index (κ2) is 10.3. The van der Waals surface area contributed by atoms with E-state index in [1.54, 1.807) is 0 Å². The minimum atomic E-state index is 0.449. The van der Waals surface area contributed by atoms with E-state index in [1.807, 2.05) is 32.2 Å². The number of ether oxygens (including phenoxy) is 1. The number of guanidine groups is 1. The normalized spacial score (nSPS) is 15.8. The lowest BCUT2D eigenvalue weighted by atomic mass is 10.0. The number of rotatable bonds is 7. The molecular weight excluding hydrogens is 366 g/mol. The number of nitrogens with zero attached hydrogens (tertiary/aromatic N) is 4. The van der Waals surface area contributed by atoms with E-state index in [4.69, 9.17) is 9.26 Å². The van der Waals surface area contributed by atoms with E-state index < -0.39 is 0 Å². The van der Waals surface area contributed by atoms with Crippen LogP contribution in [0.15, 0.2) is 39.8 Å². The quantitative estimate of drug-likeness (QED) is 0.439. The molecule has 1 fully saturated rings. The number of hydrogen-bond acceptors (Lipinski definition) is 5. The fraction of sp³-hybridized carbons (Fsp3) is 0.545. The van der Waals surface area contributed by atoms with Crippen molar-refractivity contribution in [1.82, 2.24) is 20.3 Å². The Bertz CT molecular complexity index is 794. The first kappa shape index (κ1) is 21.2. The number of piperazine rings is 1. The molecule has 1 aromatic carbocycles. The summed E-state index contributed by atoms with van der Waals surface area (Å²) in [6.45, 7) is 12.3. The van der Waals surface area contributed by atoms with Gasteiger partial charge in [0.1, 0.15) is 18.1 Å². The lowest BCUT2D eigenvalue weighted by Gasteiger charge is -2.36. The third-order valence-corrected chi connectivity index (χ3v) is 5.13. The molecule has 0 unspecified atom stereocenters. The summed E-state index contributed by atoms with van der Waals surface area (Å²) in [5, 5.41) is 7.52. The number of nitrogens with one attached hydrogen (secondary N) is 1. The standard InChI is InChI=1S/C22H33N5O2/c1-17(2)20-7-5-6-8-21(20)28-14-9-24-22(23-4)27-12-10-26(11-13-27)16-19-15-18(3)29-25-19/h5-8,15,17H,9-14,16H2,1-4H3,(H,23,24). The number of hydrogen-bond donors (Lipinski definition) is 1. The van der Waals surface area contributed by atoms with E-state index in [0.717, 1.165) is 62.4 Å². The molecular formula is C22H33N5O2. The number of aliphatic imine (C=N–C) groups is 1. The summed E-state index contributed by atoms with van der Waals surface area (Å²) in [6, 6.07) is 10.3. The van der Waals surface area contributed by atoms with Crippen LogP contribution in [-0.2, 0) is 6.54 Å². The highest BCUT2D eigenvalue weighted by Crippen LogP contribution is 2.25. The van der Waals surface area contributed by atoms with Gasteiger partial charge in [0.2, 0.25) is 0 Å². The minimum absolute atomic E-state index is 0.449. The Kier molecular flexibility index (Phi) is 7.52. The zero-order chi connectivity index (χ0) is 20.6. The van der Waals surface area contributed by atoms with Crippen molar-refractivity contribution in [1.29, 1.82) is 0 Å². The first-order valence-electron chi connectivity index (χ1n) is 10.4. The summed E-state index contributed by atoms with van der Waals surface area (Å²) in [7, 11) is 1.84. The third-order valence-electron chi connectivity index (χ3n) is 5.13. The molecule has 1 aromatic heterocycles. The molecule has 0 spiro atoms. The van der Waals surface area contributed by atoms with Gasteiger partial charge in [-0.3, -0.25) is 9.89 Å². The van der Waals surface area contributed by atoms with Gasteiger partial charge in [0.05, 0.1) is 12.2 Å². The lowest BCUT2D eigenvalue weighted by Crippen LogP contribution is -2.52. The van der Waals surface area contributed by atoms with Gasteiger partial charge in [-0.05, 0) is 24.5 Å². The molecule has 0 aliphatic carbocycles. The van der Waals surface area contributed by atoms with Gasteiger partial charge in [-0.2, -0.15) is 0 Å². The Morgan fingerprint density at radius 1 is 1.24 bits per heavy atom. The topological polar surface area (TPSA) is 66.1 Å². The number of para-hydroxylation sites is 1. The fourth-order valence-corrected chi connectivity index (χ4v) is 3.58. The molecule has 0 atom stereocenters. The van der Waals surface area contributed by atoms with Gasteiger partial charge in [-0.15, -0.1) is 0 Å². The molecule has 29 heavy (non-hydrogen) atoms. The van der Waals surface area contributed by atoms with Gasteiger partial charge in [0, 0.05) is 45.8 Å². The van der Waals surface area contributed by atoms with Crippen molar-refractivity contribution in [3.05, 3.63) is 47.3 Å².